The fourth-order valence-corrected chi connectivity index (χ4v) is 7.78. The number of aromatic nitrogens is 1. The molecule has 2 unspecified atom stereocenters. The predicted octanol–water partition coefficient (Wildman–Crippen LogP) is 5.40. The van der Waals surface area contributed by atoms with E-state index in [-0.39, 0.29) is 30.3 Å². The normalized spacial score (nSPS) is 22.4. The minimum absolute atomic E-state index is 0.0438. The van der Waals surface area contributed by atoms with Gasteiger partial charge in [0.25, 0.3) is 5.91 Å². The van der Waals surface area contributed by atoms with Crippen molar-refractivity contribution in [3.8, 4) is 17.0 Å². The monoisotopic (exact) mass is 589 g/mol. The van der Waals surface area contributed by atoms with Crippen molar-refractivity contribution in [2.45, 2.75) is 46.1 Å². The molecule has 2 atom stereocenters. The van der Waals surface area contributed by atoms with E-state index in [0.717, 1.165) is 77.6 Å². The Balaban J connectivity index is 1.14. The highest BCUT2D eigenvalue weighted by Gasteiger charge is 2.46. The number of aryl methyl sites for hydroxylation is 2. The summed E-state index contributed by atoms with van der Waals surface area (Å²) in [6, 6.07) is 11.9. The van der Waals surface area contributed by atoms with Crippen LogP contribution in [-0.4, -0.2) is 64.8 Å². The molecule has 2 aliphatic heterocycles. The van der Waals surface area contributed by atoms with Crippen LogP contribution in [0.4, 0.5) is 5.13 Å². The third-order valence-corrected chi connectivity index (χ3v) is 10.3. The van der Waals surface area contributed by atoms with Crippen LogP contribution >= 0.6 is 11.3 Å². The minimum atomic E-state index is -0.654. The summed E-state index contributed by atoms with van der Waals surface area (Å²) in [5.41, 5.74) is 5.64. The lowest BCUT2D eigenvalue weighted by Crippen LogP contribution is -2.44. The minimum Gasteiger partial charge on any atom is -0.488 e. The third-order valence-electron chi connectivity index (χ3n) is 9.43. The number of amides is 1. The number of ether oxygens (including phenoxy) is 1. The number of piperidine rings is 2. The van der Waals surface area contributed by atoms with E-state index in [2.05, 4.69) is 23.3 Å². The number of rotatable bonds is 8. The summed E-state index contributed by atoms with van der Waals surface area (Å²) in [7, 11) is 0. The number of carboxylic acid groups (broad SMARTS) is 1. The largest absolute Gasteiger partial charge is 0.488 e. The van der Waals surface area contributed by atoms with Crippen LogP contribution in [0.15, 0.2) is 41.8 Å². The topological polar surface area (TPSA) is 103 Å². The maximum Gasteiger partial charge on any atom is 0.307 e. The Labute approximate surface area is 251 Å². The van der Waals surface area contributed by atoms with Gasteiger partial charge in [0.15, 0.2) is 5.13 Å². The summed E-state index contributed by atoms with van der Waals surface area (Å²) < 4.78 is 6.36. The number of hydrogen-bond acceptors (Lipinski definition) is 7. The van der Waals surface area contributed by atoms with Crippen LogP contribution in [0, 0.1) is 37.5 Å². The first-order valence-corrected chi connectivity index (χ1v) is 15.9. The van der Waals surface area contributed by atoms with Crippen LogP contribution in [0.3, 0.4) is 0 Å². The Morgan fingerprint density at radius 2 is 1.76 bits per heavy atom. The molecule has 2 N–H and O–H groups in total. The molecule has 2 saturated heterocycles. The van der Waals surface area contributed by atoms with E-state index in [0.29, 0.717) is 31.2 Å². The Hall–Kier alpha value is -3.43. The first-order valence-electron chi connectivity index (χ1n) is 15.0. The molecule has 6 rings (SSSR count). The van der Waals surface area contributed by atoms with Crippen LogP contribution in [0.1, 0.15) is 52.7 Å². The number of likely N-dealkylation sites (tertiary alicyclic amines) is 1. The number of benzene rings is 2. The zero-order chi connectivity index (χ0) is 29.4. The molecule has 3 fully saturated rings. The molecule has 2 bridgehead atoms. The summed E-state index contributed by atoms with van der Waals surface area (Å²) in [6.45, 7) is 7.50. The standard InChI is InChI=1S/C33H39N3O5S/c1-20-3-8-29(41-18-26-7-4-23(14-21(26)2)31(38)35-11-9-22(17-37)10-12-35)27(13-20)28-19-42-33(34-28)36-15-24-5-6-25(16-36)30(24)32(39)40/h3-4,7-8,13-14,19,22,24-25,30,37H,5-6,9-12,15-18H2,1-2H3,(H,39,40). The van der Waals surface area contributed by atoms with E-state index in [1.165, 1.54) is 0 Å². The SMILES string of the molecule is Cc1ccc(OCc2ccc(C(=O)N3CCC(CO)CC3)cc2C)c(-c2csc(N3CC4CCC(C3)C4C(=O)O)n2)c1. The van der Waals surface area contributed by atoms with Gasteiger partial charge in [-0.2, -0.15) is 0 Å². The van der Waals surface area contributed by atoms with Crippen molar-refractivity contribution in [2.75, 3.05) is 37.7 Å². The van der Waals surface area contributed by atoms with Gasteiger partial charge in [-0.05, 0) is 92.7 Å². The average Bonchev–Trinajstić information content (AvgIpc) is 3.59. The van der Waals surface area contributed by atoms with Gasteiger partial charge >= 0.3 is 5.97 Å². The Morgan fingerprint density at radius 3 is 2.43 bits per heavy atom. The van der Waals surface area contributed by atoms with E-state index in [1.807, 2.05) is 42.2 Å². The second-order valence-corrected chi connectivity index (χ2v) is 13.1. The first-order chi connectivity index (χ1) is 20.3. The van der Waals surface area contributed by atoms with Gasteiger partial charge in [-0.1, -0.05) is 17.7 Å². The fourth-order valence-electron chi connectivity index (χ4n) is 6.93. The molecule has 0 spiro atoms. The highest BCUT2D eigenvalue weighted by atomic mass is 32.1. The number of aliphatic hydroxyl groups is 1. The number of fused-ring (bicyclic) bond motifs is 2. The van der Waals surface area contributed by atoms with Crippen molar-refractivity contribution in [1.29, 1.82) is 0 Å². The van der Waals surface area contributed by atoms with Gasteiger partial charge in [0.1, 0.15) is 12.4 Å². The number of carbonyl (C=O) groups is 2. The van der Waals surface area contributed by atoms with Crippen LogP contribution in [0.25, 0.3) is 11.3 Å². The number of carbonyl (C=O) groups excluding carboxylic acids is 1. The third kappa shape index (κ3) is 5.77. The summed E-state index contributed by atoms with van der Waals surface area (Å²) in [5.74, 6) is 0.598. The number of thiazole rings is 1. The number of anilines is 1. The van der Waals surface area contributed by atoms with Gasteiger partial charge in [0, 0.05) is 49.3 Å². The summed E-state index contributed by atoms with van der Waals surface area (Å²) in [5, 5.41) is 22.1. The molecule has 3 heterocycles. The summed E-state index contributed by atoms with van der Waals surface area (Å²) in [6.07, 6.45) is 3.64. The van der Waals surface area contributed by atoms with Gasteiger partial charge in [0.05, 0.1) is 11.6 Å². The van der Waals surface area contributed by atoms with E-state index in [9.17, 15) is 19.8 Å². The number of aliphatic carboxylic acids is 1. The molecule has 3 aliphatic rings. The quantitative estimate of drug-likeness (QED) is 0.363. The van der Waals surface area contributed by atoms with Crippen LogP contribution in [0.5, 0.6) is 5.75 Å². The van der Waals surface area contributed by atoms with Crippen molar-refractivity contribution in [2.24, 2.45) is 23.7 Å². The molecule has 1 aromatic heterocycles. The maximum absolute atomic E-state index is 13.1. The molecule has 42 heavy (non-hydrogen) atoms. The predicted molar refractivity (Wildman–Crippen MR) is 163 cm³/mol. The van der Waals surface area contributed by atoms with Crippen molar-refractivity contribution in [1.82, 2.24) is 9.88 Å². The van der Waals surface area contributed by atoms with Gasteiger partial charge < -0.3 is 24.7 Å². The Bertz CT molecular complexity index is 1450. The molecule has 1 amide bonds. The van der Waals surface area contributed by atoms with Crippen molar-refractivity contribution >= 4 is 28.3 Å². The lowest BCUT2D eigenvalue weighted by molar-refractivity contribution is -0.144. The van der Waals surface area contributed by atoms with Crippen LogP contribution in [-0.2, 0) is 11.4 Å². The number of aliphatic hydroxyl groups excluding tert-OH is 1. The van der Waals surface area contributed by atoms with Crippen molar-refractivity contribution in [3.63, 3.8) is 0 Å². The second-order valence-electron chi connectivity index (χ2n) is 12.2. The van der Waals surface area contributed by atoms with Gasteiger partial charge in [-0.25, -0.2) is 4.98 Å². The van der Waals surface area contributed by atoms with Crippen LogP contribution in [0.2, 0.25) is 0 Å². The summed E-state index contributed by atoms with van der Waals surface area (Å²) >= 11 is 1.60. The maximum atomic E-state index is 13.1. The fraction of sp³-hybridized carbons (Fsp3) is 0.485. The van der Waals surface area contributed by atoms with E-state index in [4.69, 9.17) is 9.72 Å². The molecule has 3 aromatic rings. The smallest absolute Gasteiger partial charge is 0.307 e. The zero-order valence-electron chi connectivity index (χ0n) is 24.3. The number of nitrogens with zero attached hydrogens (tertiary/aromatic N) is 3. The van der Waals surface area contributed by atoms with Crippen LogP contribution < -0.4 is 9.64 Å². The molecule has 222 valence electrons. The van der Waals surface area contributed by atoms with E-state index >= 15 is 0 Å². The lowest BCUT2D eigenvalue weighted by Gasteiger charge is -2.35. The zero-order valence-corrected chi connectivity index (χ0v) is 25.1. The highest BCUT2D eigenvalue weighted by Crippen LogP contribution is 2.44. The van der Waals surface area contributed by atoms with Crippen molar-refractivity contribution in [3.05, 3.63) is 64.0 Å². The van der Waals surface area contributed by atoms with Crippen molar-refractivity contribution < 1.29 is 24.5 Å². The lowest BCUT2D eigenvalue weighted by atomic mass is 9.85. The van der Waals surface area contributed by atoms with Gasteiger partial charge in [0.2, 0.25) is 0 Å². The number of carboxylic acids is 1. The molecule has 1 saturated carbocycles. The highest BCUT2D eigenvalue weighted by molar-refractivity contribution is 7.14. The van der Waals surface area contributed by atoms with E-state index in [1.54, 1.807) is 11.3 Å². The molecule has 8 nitrogen and oxygen atoms in total. The molecule has 0 radical (unpaired) electrons. The second kappa shape index (κ2) is 12.1. The molecule has 1 aliphatic carbocycles. The van der Waals surface area contributed by atoms with Gasteiger partial charge in [-0.15, -0.1) is 11.3 Å². The van der Waals surface area contributed by atoms with Gasteiger partial charge in [-0.3, -0.25) is 9.59 Å². The van der Waals surface area contributed by atoms with E-state index < -0.39 is 5.97 Å². The molecular weight excluding hydrogens is 550 g/mol. The first kappa shape index (κ1) is 28.7. The Kier molecular flexibility index (Phi) is 8.23. The summed E-state index contributed by atoms with van der Waals surface area (Å²) in [4.78, 5) is 34.0. The average molecular weight is 590 g/mol. The Morgan fingerprint density at radius 1 is 1.02 bits per heavy atom. The number of hydrogen-bond donors (Lipinski definition) is 2. The molecular formula is C33H39N3O5S. The molecule has 2 aromatic carbocycles. The molecule has 9 heteroatoms.